The Bertz CT molecular complexity index is 458. The number of hydrogen-bond donors (Lipinski definition) is 3. The molecule has 0 spiro atoms. The number of rotatable bonds is 10. The van der Waals surface area contributed by atoms with Crippen molar-refractivity contribution < 1.29 is 4.79 Å². The number of benzene rings is 1. The van der Waals surface area contributed by atoms with E-state index in [1.165, 1.54) is 0 Å². The minimum absolute atomic E-state index is 0.240. The fraction of sp³-hybridized carbons (Fsp3) is 0.500. The van der Waals surface area contributed by atoms with Gasteiger partial charge in [0.15, 0.2) is 0 Å². The van der Waals surface area contributed by atoms with Crippen LogP contribution in [0.4, 0.5) is 0 Å². The molecule has 0 heterocycles. The summed E-state index contributed by atoms with van der Waals surface area (Å²) in [6.45, 7) is 2.51. The molecule has 1 atom stereocenters. The highest BCUT2D eigenvalue weighted by molar-refractivity contribution is 5.81. The average Bonchev–Trinajstić information content (AvgIpc) is 2.52. The monoisotopic (exact) mass is 290 g/mol. The lowest BCUT2D eigenvalue weighted by molar-refractivity contribution is -0.122. The van der Waals surface area contributed by atoms with Gasteiger partial charge in [0.1, 0.15) is 6.04 Å². The van der Waals surface area contributed by atoms with E-state index in [2.05, 4.69) is 20.7 Å². The van der Waals surface area contributed by atoms with Gasteiger partial charge in [0.25, 0.3) is 0 Å². The molecule has 1 amide bonds. The molecular formula is C14H22N6O. The number of nitrogens with zero attached hydrogens (tertiary/aromatic N) is 3. The van der Waals surface area contributed by atoms with Gasteiger partial charge in [-0.3, -0.25) is 4.79 Å². The van der Waals surface area contributed by atoms with Crippen molar-refractivity contribution in [2.45, 2.75) is 25.4 Å². The molecule has 1 aromatic rings. The van der Waals surface area contributed by atoms with Crippen LogP contribution < -0.4 is 16.4 Å². The zero-order chi connectivity index (χ0) is 15.3. The maximum atomic E-state index is 12.0. The van der Waals surface area contributed by atoms with Crippen molar-refractivity contribution >= 4 is 5.91 Å². The molecule has 0 bridgehead atoms. The van der Waals surface area contributed by atoms with E-state index < -0.39 is 6.04 Å². The van der Waals surface area contributed by atoms with E-state index in [0.717, 1.165) is 25.1 Å². The zero-order valence-corrected chi connectivity index (χ0v) is 12.0. The SMILES string of the molecule is [N-]=[N+]=NC(CCCNCCN)C(=O)NCc1ccccc1. The Hall–Kier alpha value is -2.08. The highest BCUT2D eigenvalue weighted by Gasteiger charge is 2.15. The lowest BCUT2D eigenvalue weighted by atomic mass is 10.1. The predicted molar refractivity (Wildman–Crippen MR) is 82.4 cm³/mol. The molecule has 114 valence electrons. The number of azide groups is 1. The van der Waals surface area contributed by atoms with Crippen LogP contribution in [-0.4, -0.2) is 31.6 Å². The number of nitrogens with one attached hydrogen (secondary N) is 2. The molecule has 0 aliphatic heterocycles. The number of amides is 1. The maximum absolute atomic E-state index is 12.0. The van der Waals surface area contributed by atoms with Gasteiger partial charge in [-0.2, -0.15) is 0 Å². The third-order valence-electron chi connectivity index (χ3n) is 2.96. The number of carbonyl (C=O) groups excluding carboxylic acids is 1. The van der Waals surface area contributed by atoms with Crippen molar-refractivity contribution in [2.24, 2.45) is 10.8 Å². The molecule has 0 saturated carbocycles. The Morgan fingerprint density at radius 1 is 1.33 bits per heavy atom. The van der Waals surface area contributed by atoms with E-state index in [9.17, 15) is 4.79 Å². The number of nitrogens with two attached hydrogens (primary N) is 1. The summed E-state index contributed by atoms with van der Waals surface area (Å²) in [5.74, 6) is -0.240. The smallest absolute Gasteiger partial charge is 0.229 e. The van der Waals surface area contributed by atoms with Gasteiger partial charge in [-0.1, -0.05) is 35.4 Å². The Kier molecular flexibility index (Phi) is 8.63. The molecule has 7 heteroatoms. The van der Waals surface area contributed by atoms with Crippen LogP contribution in [0.15, 0.2) is 35.4 Å². The maximum Gasteiger partial charge on any atom is 0.229 e. The van der Waals surface area contributed by atoms with Gasteiger partial charge in [-0.05, 0) is 30.5 Å². The van der Waals surface area contributed by atoms with E-state index in [1.54, 1.807) is 0 Å². The molecule has 1 aromatic carbocycles. The summed E-state index contributed by atoms with van der Waals surface area (Å²) in [6.07, 6.45) is 1.27. The molecule has 0 radical (unpaired) electrons. The van der Waals surface area contributed by atoms with Crippen molar-refractivity contribution in [1.82, 2.24) is 10.6 Å². The molecular weight excluding hydrogens is 268 g/mol. The summed E-state index contributed by atoms with van der Waals surface area (Å²) in [5, 5.41) is 9.50. The predicted octanol–water partition coefficient (Wildman–Crippen LogP) is 1.31. The van der Waals surface area contributed by atoms with Gasteiger partial charge in [0, 0.05) is 24.5 Å². The second-order valence-electron chi connectivity index (χ2n) is 4.61. The summed E-state index contributed by atoms with van der Waals surface area (Å²) < 4.78 is 0. The van der Waals surface area contributed by atoms with E-state index >= 15 is 0 Å². The normalized spacial score (nSPS) is 11.5. The summed E-state index contributed by atoms with van der Waals surface area (Å²) >= 11 is 0. The van der Waals surface area contributed by atoms with Gasteiger partial charge in [0.05, 0.1) is 0 Å². The lowest BCUT2D eigenvalue weighted by Gasteiger charge is -2.12. The standard InChI is InChI=1S/C14H22N6O/c15-8-10-17-9-4-7-13(19-20-16)14(21)18-11-12-5-2-1-3-6-12/h1-3,5-6,13,17H,4,7-11,15H2,(H,18,21). The molecule has 7 nitrogen and oxygen atoms in total. The number of hydrogen-bond acceptors (Lipinski definition) is 4. The van der Waals surface area contributed by atoms with Gasteiger partial charge in [-0.25, -0.2) is 0 Å². The van der Waals surface area contributed by atoms with Gasteiger partial charge in [0.2, 0.25) is 5.91 Å². The van der Waals surface area contributed by atoms with E-state index in [4.69, 9.17) is 11.3 Å². The van der Waals surface area contributed by atoms with E-state index in [0.29, 0.717) is 19.5 Å². The van der Waals surface area contributed by atoms with Crippen molar-refractivity contribution in [1.29, 1.82) is 0 Å². The largest absolute Gasteiger partial charge is 0.352 e. The van der Waals surface area contributed by atoms with Crippen LogP contribution in [0, 0.1) is 0 Å². The fourth-order valence-electron chi connectivity index (χ4n) is 1.85. The Balaban J connectivity index is 2.36. The van der Waals surface area contributed by atoms with Gasteiger partial charge < -0.3 is 16.4 Å². The van der Waals surface area contributed by atoms with Crippen LogP contribution in [0.3, 0.4) is 0 Å². The first-order chi connectivity index (χ1) is 10.3. The van der Waals surface area contributed by atoms with Crippen LogP contribution in [-0.2, 0) is 11.3 Å². The quantitative estimate of drug-likeness (QED) is 0.261. The van der Waals surface area contributed by atoms with E-state index in [-0.39, 0.29) is 5.91 Å². The third-order valence-corrected chi connectivity index (χ3v) is 2.96. The highest BCUT2D eigenvalue weighted by Crippen LogP contribution is 2.04. The number of carbonyl (C=O) groups is 1. The second kappa shape index (κ2) is 10.7. The fourth-order valence-corrected chi connectivity index (χ4v) is 1.85. The first-order valence-corrected chi connectivity index (χ1v) is 7.04. The first-order valence-electron chi connectivity index (χ1n) is 7.04. The molecule has 0 aliphatic rings. The molecule has 1 rings (SSSR count). The van der Waals surface area contributed by atoms with Gasteiger partial charge in [-0.15, -0.1) is 0 Å². The molecule has 0 aromatic heterocycles. The lowest BCUT2D eigenvalue weighted by Crippen LogP contribution is -2.33. The zero-order valence-electron chi connectivity index (χ0n) is 12.0. The average molecular weight is 290 g/mol. The topological polar surface area (TPSA) is 116 Å². The highest BCUT2D eigenvalue weighted by atomic mass is 16.2. The van der Waals surface area contributed by atoms with Crippen molar-refractivity contribution in [3.8, 4) is 0 Å². The van der Waals surface area contributed by atoms with Crippen LogP contribution in [0.2, 0.25) is 0 Å². The van der Waals surface area contributed by atoms with Gasteiger partial charge >= 0.3 is 0 Å². The van der Waals surface area contributed by atoms with Crippen molar-refractivity contribution in [3.05, 3.63) is 46.3 Å². The molecule has 1 unspecified atom stereocenters. The second-order valence-corrected chi connectivity index (χ2v) is 4.61. The summed E-state index contributed by atoms with van der Waals surface area (Å²) in [6, 6.07) is 8.94. The Morgan fingerprint density at radius 2 is 2.10 bits per heavy atom. The first kappa shape index (κ1) is 17.0. The molecule has 0 saturated heterocycles. The van der Waals surface area contributed by atoms with Crippen molar-refractivity contribution in [2.75, 3.05) is 19.6 Å². The van der Waals surface area contributed by atoms with Crippen LogP contribution >= 0.6 is 0 Å². The van der Waals surface area contributed by atoms with Crippen molar-refractivity contribution in [3.63, 3.8) is 0 Å². The molecule has 21 heavy (non-hydrogen) atoms. The third kappa shape index (κ3) is 7.31. The minimum atomic E-state index is -0.668. The molecule has 4 N–H and O–H groups in total. The minimum Gasteiger partial charge on any atom is -0.352 e. The Labute approximate surface area is 124 Å². The summed E-state index contributed by atoms with van der Waals surface area (Å²) in [5.41, 5.74) is 14.9. The Morgan fingerprint density at radius 3 is 2.76 bits per heavy atom. The summed E-state index contributed by atoms with van der Waals surface area (Å²) in [7, 11) is 0. The van der Waals surface area contributed by atoms with Crippen LogP contribution in [0.5, 0.6) is 0 Å². The summed E-state index contributed by atoms with van der Waals surface area (Å²) in [4.78, 5) is 14.8. The molecule has 0 fully saturated rings. The van der Waals surface area contributed by atoms with Crippen LogP contribution in [0.25, 0.3) is 10.4 Å². The van der Waals surface area contributed by atoms with Crippen LogP contribution in [0.1, 0.15) is 18.4 Å². The van der Waals surface area contributed by atoms with E-state index in [1.807, 2.05) is 30.3 Å². The molecule has 0 aliphatic carbocycles.